The number of halogens is 1. The first kappa shape index (κ1) is 20.8. The summed E-state index contributed by atoms with van der Waals surface area (Å²) in [6, 6.07) is 7.68. The molecule has 3 rings (SSSR count). The Bertz CT molecular complexity index is 676. The number of hydrogen-bond donors (Lipinski definition) is 2. The largest absolute Gasteiger partial charge is 0.490 e. The second kappa shape index (κ2) is 10.6. The molecule has 0 aromatic heterocycles. The van der Waals surface area contributed by atoms with Crippen molar-refractivity contribution in [3.8, 4) is 5.75 Å². The Kier molecular flexibility index (Phi) is 7.83. The van der Waals surface area contributed by atoms with Crippen molar-refractivity contribution in [1.82, 2.24) is 15.5 Å². The van der Waals surface area contributed by atoms with Crippen LogP contribution in [0.15, 0.2) is 29.3 Å². The minimum absolute atomic E-state index is 0.243. The monoisotopic (exact) mass is 406 g/mol. The molecule has 0 radical (unpaired) electrons. The first-order valence-electron chi connectivity index (χ1n) is 10.4. The van der Waals surface area contributed by atoms with E-state index in [1.165, 1.54) is 12.8 Å². The van der Waals surface area contributed by atoms with Crippen LogP contribution in [0.5, 0.6) is 5.75 Å². The molecule has 1 aromatic carbocycles. The first-order valence-corrected chi connectivity index (χ1v) is 10.8. The normalized spacial score (nSPS) is 20.4. The summed E-state index contributed by atoms with van der Waals surface area (Å²) in [7, 11) is 0. The molecule has 154 valence electrons. The first-order chi connectivity index (χ1) is 13.7. The maximum Gasteiger partial charge on any atom is 0.225 e. The van der Waals surface area contributed by atoms with Crippen LogP contribution in [0, 0.1) is 5.92 Å². The van der Waals surface area contributed by atoms with Gasteiger partial charge in [-0.25, -0.2) is 4.99 Å². The summed E-state index contributed by atoms with van der Waals surface area (Å²) in [6.07, 6.45) is 5.46. The van der Waals surface area contributed by atoms with Gasteiger partial charge in [0, 0.05) is 31.6 Å². The zero-order chi connectivity index (χ0) is 19.8. The summed E-state index contributed by atoms with van der Waals surface area (Å²) in [5.74, 6) is 2.04. The van der Waals surface area contributed by atoms with Crippen LogP contribution in [0.1, 0.15) is 39.0 Å². The molecule has 1 atom stereocenters. The molecule has 2 N–H and O–H groups in total. The van der Waals surface area contributed by atoms with Gasteiger partial charge in [0.25, 0.3) is 0 Å². The molecule has 1 aromatic rings. The summed E-state index contributed by atoms with van der Waals surface area (Å²) >= 11 is 6.10. The molecule has 1 amide bonds. The summed E-state index contributed by atoms with van der Waals surface area (Å²) in [5.41, 5.74) is 0. The lowest BCUT2D eigenvalue weighted by atomic mass is 10.1. The smallest absolute Gasteiger partial charge is 0.225 e. The minimum atomic E-state index is 0.243. The third-order valence-corrected chi connectivity index (χ3v) is 5.66. The fourth-order valence-electron chi connectivity index (χ4n) is 3.90. The molecule has 0 spiro atoms. The van der Waals surface area contributed by atoms with Gasteiger partial charge in [0.1, 0.15) is 12.4 Å². The van der Waals surface area contributed by atoms with Gasteiger partial charge in [-0.05, 0) is 38.3 Å². The van der Waals surface area contributed by atoms with E-state index in [0.29, 0.717) is 29.8 Å². The average molecular weight is 407 g/mol. The number of aliphatic imine (C=N–C) groups is 1. The van der Waals surface area contributed by atoms with Crippen LogP contribution < -0.4 is 15.4 Å². The lowest BCUT2D eigenvalue weighted by molar-refractivity contribution is -0.134. The average Bonchev–Trinajstić information content (AvgIpc) is 3.38. The van der Waals surface area contributed by atoms with Crippen LogP contribution in [0.2, 0.25) is 5.02 Å². The number of carbonyl (C=O) groups is 1. The number of rotatable bonds is 7. The quantitative estimate of drug-likeness (QED) is 0.415. The number of nitrogens with one attached hydrogen (secondary N) is 2. The molecule has 7 heteroatoms. The van der Waals surface area contributed by atoms with Crippen molar-refractivity contribution in [2.24, 2.45) is 10.9 Å². The molecule has 2 aliphatic rings. The van der Waals surface area contributed by atoms with Gasteiger partial charge in [-0.15, -0.1) is 0 Å². The number of nitrogens with zero attached hydrogens (tertiary/aromatic N) is 2. The SMILES string of the molecule is CCNC(=NCCOc1ccccc1Cl)NC1CCN(C(=O)C2CCCC2)C1. The Balaban J connectivity index is 1.45. The molecule has 1 unspecified atom stereocenters. The molecule has 1 aliphatic carbocycles. The van der Waals surface area contributed by atoms with E-state index in [1.807, 2.05) is 36.1 Å². The molecule has 28 heavy (non-hydrogen) atoms. The van der Waals surface area contributed by atoms with E-state index < -0.39 is 0 Å². The summed E-state index contributed by atoms with van der Waals surface area (Å²) in [4.78, 5) is 19.2. The van der Waals surface area contributed by atoms with Crippen molar-refractivity contribution < 1.29 is 9.53 Å². The highest BCUT2D eigenvalue weighted by atomic mass is 35.5. The summed E-state index contributed by atoms with van der Waals surface area (Å²) in [5, 5.41) is 7.34. The minimum Gasteiger partial charge on any atom is -0.490 e. The van der Waals surface area contributed by atoms with Crippen molar-refractivity contribution in [2.45, 2.75) is 45.1 Å². The summed E-state index contributed by atoms with van der Waals surface area (Å²) < 4.78 is 5.69. The van der Waals surface area contributed by atoms with Crippen LogP contribution in [0.25, 0.3) is 0 Å². The van der Waals surface area contributed by atoms with Crippen LogP contribution >= 0.6 is 11.6 Å². The number of guanidine groups is 1. The van der Waals surface area contributed by atoms with Crippen LogP contribution in [-0.4, -0.2) is 55.6 Å². The number of hydrogen-bond acceptors (Lipinski definition) is 3. The highest BCUT2D eigenvalue weighted by Gasteiger charge is 2.32. The van der Waals surface area contributed by atoms with Crippen LogP contribution in [0.3, 0.4) is 0 Å². The number of ether oxygens (including phenoxy) is 1. The van der Waals surface area contributed by atoms with E-state index in [0.717, 1.165) is 44.9 Å². The fourth-order valence-corrected chi connectivity index (χ4v) is 4.09. The predicted molar refractivity (Wildman–Crippen MR) is 113 cm³/mol. The van der Waals surface area contributed by atoms with Crippen molar-refractivity contribution in [3.05, 3.63) is 29.3 Å². The number of likely N-dealkylation sites (tertiary alicyclic amines) is 1. The number of carbonyl (C=O) groups excluding carboxylic acids is 1. The van der Waals surface area contributed by atoms with E-state index in [9.17, 15) is 4.79 Å². The Morgan fingerprint density at radius 3 is 2.82 bits per heavy atom. The molecular formula is C21H31ClN4O2. The molecule has 6 nitrogen and oxygen atoms in total. The van der Waals surface area contributed by atoms with Crippen molar-refractivity contribution in [3.63, 3.8) is 0 Å². The topological polar surface area (TPSA) is 66.0 Å². The van der Waals surface area contributed by atoms with E-state index >= 15 is 0 Å². The molecule has 0 bridgehead atoms. The zero-order valence-electron chi connectivity index (χ0n) is 16.6. The third-order valence-electron chi connectivity index (χ3n) is 5.34. The highest BCUT2D eigenvalue weighted by Crippen LogP contribution is 2.28. The van der Waals surface area contributed by atoms with E-state index in [2.05, 4.69) is 15.6 Å². The Labute approximate surface area is 172 Å². The Morgan fingerprint density at radius 2 is 2.07 bits per heavy atom. The van der Waals surface area contributed by atoms with Crippen molar-refractivity contribution in [2.75, 3.05) is 32.8 Å². The van der Waals surface area contributed by atoms with Gasteiger partial charge in [-0.1, -0.05) is 36.6 Å². The van der Waals surface area contributed by atoms with Gasteiger partial charge < -0.3 is 20.3 Å². The second-order valence-electron chi connectivity index (χ2n) is 7.44. The van der Waals surface area contributed by atoms with E-state index in [-0.39, 0.29) is 12.0 Å². The van der Waals surface area contributed by atoms with E-state index in [4.69, 9.17) is 16.3 Å². The Hall–Kier alpha value is -1.95. The summed E-state index contributed by atoms with van der Waals surface area (Å²) in [6.45, 7) is 5.41. The van der Waals surface area contributed by atoms with E-state index in [1.54, 1.807) is 0 Å². The van der Waals surface area contributed by atoms with Gasteiger partial charge in [0.2, 0.25) is 5.91 Å². The number of amides is 1. The third kappa shape index (κ3) is 5.77. The maximum atomic E-state index is 12.6. The van der Waals surface area contributed by atoms with Gasteiger partial charge in [0.05, 0.1) is 11.6 Å². The van der Waals surface area contributed by atoms with Crippen LogP contribution in [0.4, 0.5) is 0 Å². The molecule has 1 aliphatic heterocycles. The second-order valence-corrected chi connectivity index (χ2v) is 7.84. The van der Waals surface area contributed by atoms with Crippen molar-refractivity contribution >= 4 is 23.5 Å². The Morgan fingerprint density at radius 1 is 1.29 bits per heavy atom. The molecular weight excluding hydrogens is 376 g/mol. The van der Waals surface area contributed by atoms with Gasteiger partial charge >= 0.3 is 0 Å². The van der Waals surface area contributed by atoms with Crippen molar-refractivity contribution in [1.29, 1.82) is 0 Å². The zero-order valence-corrected chi connectivity index (χ0v) is 17.4. The number of benzene rings is 1. The lowest BCUT2D eigenvalue weighted by Gasteiger charge is -2.21. The molecule has 1 heterocycles. The van der Waals surface area contributed by atoms with Crippen LogP contribution in [-0.2, 0) is 4.79 Å². The highest BCUT2D eigenvalue weighted by molar-refractivity contribution is 6.32. The fraction of sp³-hybridized carbons (Fsp3) is 0.619. The predicted octanol–water partition coefficient (Wildman–Crippen LogP) is 3.07. The lowest BCUT2D eigenvalue weighted by Crippen LogP contribution is -2.45. The standard InChI is InChI=1S/C21H31ClN4O2/c1-2-23-21(24-12-14-28-19-10-6-5-9-18(19)22)25-17-11-13-26(15-17)20(27)16-7-3-4-8-16/h5-6,9-10,16-17H,2-4,7-8,11-15H2,1H3,(H2,23,24,25). The molecule has 1 saturated carbocycles. The molecule has 1 saturated heterocycles. The number of para-hydroxylation sites is 1. The van der Waals surface area contributed by atoms with Gasteiger partial charge in [-0.3, -0.25) is 4.79 Å². The van der Waals surface area contributed by atoms with Gasteiger partial charge in [0.15, 0.2) is 5.96 Å². The maximum absolute atomic E-state index is 12.6. The molecule has 2 fully saturated rings. The van der Waals surface area contributed by atoms with Gasteiger partial charge in [-0.2, -0.15) is 0 Å².